The third-order valence-electron chi connectivity index (χ3n) is 1.87. The minimum atomic E-state index is -0.166. The predicted molar refractivity (Wildman–Crippen MR) is 41.4 cm³/mol. The van der Waals surface area contributed by atoms with Crippen LogP contribution in [0.15, 0.2) is 35.6 Å². The van der Waals surface area contributed by atoms with E-state index >= 15 is 0 Å². The van der Waals surface area contributed by atoms with E-state index in [9.17, 15) is 4.79 Å². The van der Waals surface area contributed by atoms with Crippen molar-refractivity contribution in [1.82, 2.24) is 5.32 Å². The Labute approximate surface area is 64.3 Å². The third kappa shape index (κ3) is 0.774. The summed E-state index contributed by atoms with van der Waals surface area (Å²) in [6, 6.07) is 0.00694. The van der Waals surface area contributed by atoms with E-state index < -0.39 is 0 Å². The number of nitrogens with two attached hydrogens (primary N) is 1. The number of carbonyl (C=O) groups excluding carboxylic acids is 1. The first-order valence-electron chi connectivity index (χ1n) is 3.44. The second-order valence-electron chi connectivity index (χ2n) is 2.56. The molecule has 0 aromatic heterocycles. The Kier molecular flexibility index (Phi) is 1.12. The molecule has 0 radical (unpaired) electrons. The molecule has 56 valence electrons. The minimum Gasteiger partial charge on any atom is -0.394 e. The van der Waals surface area contributed by atoms with Crippen LogP contribution < -0.4 is 11.1 Å². The number of amides is 1. The van der Waals surface area contributed by atoms with E-state index in [4.69, 9.17) is 5.73 Å². The number of nitrogens with one attached hydrogen (secondary N) is 1. The molecule has 1 unspecified atom stereocenters. The molecular formula is C8H8N2O. The lowest BCUT2D eigenvalue weighted by Crippen LogP contribution is -2.28. The molecule has 2 rings (SSSR count). The van der Waals surface area contributed by atoms with E-state index in [0.29, 0.717) is 5.70 Å². The molecule has 1 amide bonds. The molecule has 0 spiro atoms. The molecule has 3 N–H and O–H groups in total. The van der Waals surface area contributed by atoms with Gasteiger partial charge in [0.15, 0.2) is 0 Å². The fourth-order valence-electron chi connectivity index (χ4n) is 1.28. The van der Waals surface area contributed by atoms with Crippen LogP contribution in [0.4, 0.5) is 0 Å². The highest BCUT2D eigenvalue weighted by Crippen LogP contribution is 2.18. The van der Waals surface area contributed by atoms with E-state index in [1.165, 1.54) is 0 Å². The molecule has 3 heteroatoms. The summed E-state index contributed by atoms with van der Waals surface area (Å²) < 4.78 is 0. The number of hydrogen-bond acceptors (Lipinski definition) is 2. The zero-order valence-corrected chi connectivity index (χ0v) is 5.87. The van der Waals surface area contributed by atoms with Gasteiger partial charge < -0.3 is 11.1 Å². The minimum absolute atomic E-state index is 0.00694. The fraction of sp³-hybridized carbons (Fsp3) is 0.125. The number of allylic oxidation sites excluding steroid dienone is 2. The van der Waals surface area contributed by atoms with Crippen molar-refractivity contribution in [2.75, 3.05) is 0 Å². The van der Waals surface area contributed by atoms with E-state index in [2.05, 4.69) is 5.32 Å². The lowest BCUT2D eigenvalue weighted by Gasteiger charge is -2.08. The molecule has 0 saturated carbocycles. The quantitative estimate of drug-likeness (QED) is 0.501. The van der Waals surface area contributed by atoms with Gasteiger partial charge in [-0.25, -0.2) is 0 Å². The van der Waals surface area contributed by atoms with Crippen LogP contribution in [-0.4, -0.2) is 11.9 Å². The second-order valence-corrected chi connectivity index (χ2v) is 2.56. The number of rotatable bonds is 0. The SMILES string of the molecule is NC1=C2C=CC=CC2NC1=O. The molecule has 0 saturated heterocycles. The lowest BCUT2D eigenvalue weighted by atomic mass is 10.0. The zero-order chi connectivity index (χ0) is 7.84. The Morgan fingerprint density at radius 2 is 2.27 bits per heavy atom. The van der Waals surface area contributed by atoms with Gasteiger partial charge in [-0.15, -0.1) is 0 Å². The highest BCUT2D eigenvalue weighted by molar-refractivity contribution is 5.98. The molecule has 0 fully saturated rings. The summed E-state index contributed by atoms with van der Waals surface area (Å²) in [5, 5.41) is 2.73. The second kappa shape index (κ2) is 1.99. The van der Waals surface area contributed by atoms with Gasteiger partial charge in [-0.3, -0.25) is 4.79 Å². The van der Waals surface area contributed by atoms with Crippen LogP contribution in [0.3, 0.4) is 0 Å². The molecule has 3 nitrogen and oxygen atoms in total. The standard InChI is InChI=1S/C8H8N2O/c9-7-5-3-1-2-4-6(5)10-8(7)11/h1-4,6H,9H2,(H,10,11). The molecule has 2 aliphatic rings. The summed E-state index contributed by atoms with van der Waals surface area (Å²) in [6.45, 7) is 0. The molecule has 1 heterocycles. The van der Waals surface area contributed by atoms with Gasteiger partial charge in [-0.2, -0.15) is 0 Å². The third-order valence-corrected chi connectivity index (χ3v) is 1.87. The van der Waals surface area contributed by atoms with Gasteiger partial charge in [0.05, 0.1) is 6.04 Å². The van der Waals surface area contributed by atoms with Crippen LogP contribution in [0.1, 0.15) is 0 Å². The predicted octanol–water partition coefficient (Wildman–Crippen LogP) is -0.176. The summed E-state index contributed by atoms with van der Waals surface area (Å²) in [6.07, 6.45) is 7.54. The lowest BCUT2D eigenvalue weighted by molar-refractivity contribution is -0.116. The zero-order valence-electron chi connectivity index (χ0n) is 5.87. The first-order valence-corrected chi connectivity index (χ1v) is 3.44. The fourth-order valence-corrected chi connectivity index (χ4v) is 1.28. The van der Waals surface area contributed by atoms with Crippen LogP contribution in [-0.2, 0) is 4.79 Å². The Morgan fingerprint density at radius 3 is 3.00 bits per heavy atom. The summed E-state index contributed by atoms with van der Waals surface area (Å²) >= 11 is 0. The largest absolute Gasteiger partial charge is 0.394 e. The Bertz CT molecular complexity index is 299. The van der Waals surface area contributed by atoms with Gasteiger partial charge in [0.25, 0.3) is 5.91 Å². The molecular weight excluding hydrogens is 140 g/mol. The number of fused-ring (bicyclic) bond motifs is 1. The summed E-state index contributed by atoms with van der Waals surface area (Å²) in [4.78, 5) is 11.0. The maximum atomic E-state index is 11.0. The Morgan fingerprint density at radius 1 is 1.45 bits per heavy atom. The molecule has 0 aromatic carbocycles. The van der Waals surface area contributed by atoms with Crippen molar-refractivity contribution >= 4 is 5.91 Å². The van der Waals surface area contributed by atoms with Crippen molar-refractivity contribution in [2.45, 2.75) is 6.04 Å². The highest BCUT2D eigenvalue weighted by Gasteiger charge is 2.26. The van der Waals surface area contributed by atoms with Gasteiger partial charge in [0.2, 0.25) is 0 Å². The average Bonchev–Trinajstić information content (AvgIpc) is 2.30. The van der Waals surface area contributed by atoms with Crippen LogP contribution in [0.2, 0.25) is 0 Å². The van der Waals surface area contributed by atoms with Gasteiger partial charge in [0.1, 0.15) is 5.70 Å². The number of hydrogen-bond donors (Lipinski definition) is 2. The molecule has 0 bridgehead atoms. The highest BCUT2D eigenvalue weighted by atomic mass is 16.2. The summed E-state index contributed by atoms with van der Waals surface area (Å²) in [5.74, 6) is -0.166. The van der Waals surface area contributed by atoms with Crippen LogP contribution in [0.5, 0.6) is 0 Å². The average molecular weight is 148 g/mol. The van der Waals surface area contributed by atoms with Gasteiger partial charge >= 0.3 is 0 Å². The monoisotopic (exact) mass is 148 g/mol. The topological polar surface area (TPSA) is 55.1 Å². The van der Waals surface area contributed by atoms with Crippen LogP contribution in [0.25, 0.3) is 0 Å². The molecule has 0 aromatic rings. The van der Waals surface area contributed by atoms with Gasteiger partial charge in [-0.1, -0.05) is 24.3 Å². The molecule has 1 atom stereocenters. The van der Waals surface area contributed by atoms with Gasteiger partial charge in [-0.05, 0) is 0 Å². The van der Waals surface area contributed by atoms with E-state index in [-0.39, 0.29) is 11.9 Å². The van der Waals surface area contributed by atoms with E-state index in [0.717, 1.165) is 5.57 Å². The first-order chi connectivity index (χ1) is 5.29. The number of carbonyl (C=O) groups is 1. The van der Waals surface area contributed by atoms with Crippen molar-refractivity contribution in [3.05, 3.63) is 35.6 Å². The van der Waals surface area contributed by atoms with Crippen molar-refractivity contribution in [1.29, 1.82) is 0 Å². The maximum Gasteiger partial charge on any atom is 0.268 e. The Hall–Kier alpha value is -1.51. The molecule has 1 aliphatic carbocycles. The van der Waals surface area contributed by atoms with Crippen molar-refractivity contribution in [3.8, 4) is 0 Å². The van der Waals surface area contributed by atoms with Crippen molar-refractivity contribution in [2.24, 2.45) is 5.73 Å². The Balaban J connectivity index is 2.47. The van der Waals surface area contributed by atoms with Crippen LogP contribution >= 0.6 is 0 Å². The maximum absolute atomic E-state index is 11.0. The normalized spacial score (nSPS) is 27.3. The van der Waals surface area contributed by atoms with E-state index in [1.54, 1.807) is 0 Å². The molecule has 11 heavy (non-hydrogen) atoms. The summed E-state index contributed by atoms with van der Waals surface area (Å²) in [5.41, 5.74) is 6.75. The molecule has 1 aliphatic heterocycles. The van der Waals surface area contributed by atoms with Gasteiger partial charge in [0, 0.05) is 5.57 Å². The first kappa shape index (κ1) is 6.22. The van der Waals surface area contributed by atoms with E-state index in [1.807, 2.05) is 24.3 Å². The van der Waals surface area contributed by atoms with Crippen molar-refractivity contribution < 1.29 is 4.79 Å². The van der Waals surface area contributed by atoms with Crippen LogP contribution in [0, 0.1) is 0 Å². The van der Waals surface area contributed by atoms with Crippen molar-refractivity contribution in [3.63, 3.8) is 0 Å². The summed E-state index contributed by atoms with van der Waals surface area (Å²) in [7, 11) is 0. The smallest absolute Gasteiger partial charge is 0.268 e.